The average molecular weight is 329 g/mol. The summed E-state index contributed by atoms with van der Waals surface area (Å²) in [4.78, 5) is 35.4. The highest BCUT2D eigenvalue weighted by Crippen LogP contribution is 2.18. The smallest absolute Gasteiger partial charge is 0.307 e. The van der Waals surface area contributed by atoms with Crippen LogP contribution in [-0.2, 0) is 16.6 Å². The summed E-state index contributed by atoms with van der Waals surface area (Å²) in [5.74, 6) is -0.908. The maximum Gasteiger partial charge on any atom is 0.307 e. The summed E-state index contributed by atoms with van der Waals surface area (Å²) in [6.07, 6.45) is -0.00291. The fraction of sp³-hybridized carbons (Fsp3) is 0.294. The van der Waals surface area contributed by atoms with E-state index in [1.807, 2.05) is 31.2 Å². The van der Waals surface area contributed by atoms with E-state index in [0.717, 1.165) is 15.8 Å². The summed E-state index contributed by atoms with van der Waals surface area (Å²) >= 11 is 0. The minimum absolute atomic E-state index is 0.00291. The minimum Gasteiger partial charge on any atom is -0.469 e. The molecule has 1 aromatic heterocycles. The monoisotopic (exact) mass is 329 g/mol. The summed E-state index contributed by atoms with van der Waals surface area (Å²) in [5.41, 5.74) is 1.64. The number of carbonyl (C=O) groups excluding carboxylic acids is 2. The van der Waals surface area contributed by atoms with Crippen molar-refractivity contribution in [3.05, 3.63) is 63.6 Å². The van der Waals surface area contributed by atoms with Gasteiger partial charge in [0.05, 0.1) is 19.6 Å². The van der Waals surface area contributed by atoms with Crippen LogP contribution in [-0.4, -0.2) is 28.8 Å². The van der Waals surface area contributed by atoms with Crippen LogP contribution in [0, 0.1) is 6.92 Å². The Morgan fingerprint density at radius 2 is 1.88 bits per heavy atom. The number of amides is 1. The third kappa shape index (κ3) is 4.28. The van der Waals surface area contributed by atoms with Gasteiger partial charge in [0.1, 0.15) is 5.69 Å². The molecule has 0 unspecified atom stereocenters. The normalized spacial score (nSPS) is 11.6. The number of nitrogens with one attached hydrogen (secondary N) is 1. The molecule has 126 valence electrons. The molecule has 0 saturated heterocycles. The molecule has 0 bridgehead atoms. The maximum atomic E-state index is 12.4. The van der Waals surface area contributed by atoms with Gasteiger partial charge in [0, 0.05) is 13.1 Å². The number of ether oxygens (including phenoxy) is 1. The van der Waals surface area contributed by atoms with Crippen molar-refractivity contribution in [1.29, 1.82) is 0 Å². The molecule has 1 heterocycles. The van der Waals surface area contributed by atoms with E-state index in [1.165, 1.54) is 26.3 Å². The van der Waals surface area contributed by atoms with Crippen molar-refractivity contribution in [2.24, 2.45) is 7.05 Å². The summed E-state index contributed by atoms with van der Waals surface area (Å²) < 4.78 is 5.78. The molecule has 1 atom stereocenters. The van der Waals surface area contributed by atoms with E-state index in [9.17, 15) is 14.4 Å². The van der Waals surface area contributed by atoms with Gasteiger partial charge in [-0.3, -0.25) is 14.4 Å². The lowest BCUT2D eigenvalue weighted by Gasteiger charge is -2.18. The Balaban J connectivity index is 2.24. The molecule has 2 aromatic rings. The highest BCUT2D eigenvalue weighted by molar-refractivity contribution is 5.92. The molecule has 7 heteroatoms. The van der Waals surface area contributed by atoms with Crippen LogP contribution in [0.2, 0.25) is 0 Å². The average Bonchev–Trinajstić information content (AvgIpc) is 2.57. The number of benzene rings is 1. The number of rotatable bonds is 5. The van der Waals surface area contributed by atoms with E-state index in [-0.39, 0.29) is 17.7 Å². The summed E-state index contributed by atoms with van der Waals surface area (Å²) in [6, 6.07) is 9.55. The van der Waals surface area contributed by atoms with Gasteiger partial charge in [-0.05, 0) is 18.6 Å². The lowest BCUT2D eigenvalue weighted by Crippen LogP contribution is -2.32. The largest absolute Gasteiger partial charge is 0.469 e. The number of aromatic nitrogens is 2. The summed E-state index contributed by atoms with van der Waals surface area (Å²) in [7, 11) is 2.76. The van der Waals surface area contributed by atoms with Gasteiger partial charge in [-0.25, -0.2) is 4.68 Å². The quantitative estimate of drug-likeness (QED) is 0.830. The SMILES string of the molecule is COC(=O)C[C@H](NC(=O)c1ccc(=O)n(C)n1)c1ccc(C)cc1. The van der Waals surface area contributed by atoms with Gasteiger partial charge >= 0.3 is 5.97 Å². The summed E-state index contributed by atoms with van der Waals surface area (Å²) in [6.45, 7) is 1.95. The van der Waals surface area contributed by atoms with Crippen LogP contribution in [0.5, 0.6) is 0 Å². The van der Waals surface area contributed by atoms with Crippen molar-refractivity contribution < 1.29 is 14.3 Å². The van der Waals surface area contributed by atoms with Gasteiger partial charge in [-0.2, -0.15) is 5.10 Å². The Hall–Kier alpha value is -2.96. The van der Waals surface area contributed by atoms with Gasteiger partial charge in [-0.1, -0.05) is 29.8 Å². The third-order valence-corrected chi connectivity index (χ3v) is 3.58. The van der Waals surface area contributed by atoms with Crippen LogP contribution in [0.25, 0.3) is 0 Å². The van der Waals surface area contributed by atoms with Gasteiger partial charge in [0.25, 0.3) is 11.5 Å². The van der Waals surface area contributed by atoms with Crippen LogP contribution in [0.15, 0.2) is 41.2 Å². The molecule has 24 heavy (non-hydrogen) atoms. The molecule has 1 aromatic carbocycles. The number of esters is 1. The number of hydrogen-bond donors (Lipinski definition) is 1. The van der Waals surface area contributed by atoms with E-state index >= 15 is 0 Å². The van der Waals surface area contributed by atoms with Crippen molar-refractivity contribution in [2.45, 2.75) is 19.4 Å². The molecule has 1 amide bonds. The molecule has 0 fully saturated rings. The van der Waals surface area contributed by atoms with Crippen molar-refractivity contribution >= 4 is 11.9 Å². The first-order valence-electron chi connectivity index (χ1n) is 7.39. The zero-order valence-electron chi connectivity index (χ0n) is 13.8. The number of aryl methyl sites for hydroxylation is 2. The lowest BCUT2D eigenvalue weighted by molar-refractivity contribution is -0.141. The van der Waals surface area contributed by atoms with Crippen molar-refractivity contribution in [2.75, 3.05) is 7.11 Å². The second-order valence-corrected chi connectivity index (χ2v) is 5.40. The van der Waals surface area contributed by atoms with E-state index < -0.39 is 17.9 Å². The number of nitrogens with zero attached hydrogens (tertiary/aromatic N) is 2. The highest BCUT2D eigenvalue weighted by Gasteiger charge is 2.20. The molecule has 0 saturated carbocycles. The van der Waals surface area contributed by atoms with Crippen molar-refractivity contribution in [3.63, 3.8) is 0 Å². The first-order chi connectivity index (χ1) is 11.4. The fourth-order valence-corrected chi connectivity index (χ4v) is 2.16. The fourth-order valence-electron chi connectivity index (χ4n) is 2.16. The van der Waals surface area contributed by atoms with Gasteiger partial charge < -0.3 is 10.1 Å². The second kappa shape index (κ2) is 7.54. The Morgan fingerprint density at radius 1 is 1.21 bits per heavy atom. The van der Waals surface area contributed by atoms with Crippen molar-refractivity contribution in [1.82, 2.24) is 15.1 Å². The zero-order chi connectivity index (χ0) is 17.7. The second-order valence-electron chi connectivity index (χ2n) is 5.40. The Bertz CT molecular complexity index is 796. The lowest BCUT2D eigenvalue weighted by atomic mass is 10.0. The maximum absolute atomic E-state index is 12.4. The Morgan fingerprint density at radius 3 is 2.46 bits per heavy atom. The molecule has 0 spiro atoms. The molecule has 0 aliphatic carbocycles. The van der Waals surface area contributed by atoms with E-state index in [1.54, 1.807) is 0 Å². The molecule has 0 aliphatic heterocycles. The molecule has 0 aliphatic rings. The third-order valence-electron chi connectivity index (χ3n) is 3.58. The van der Waals surface area contributed by atoms with Crippen LogP contribution in [0.1, 0.15) is 34.1 Å². The van der Waals surface area contributed by atoms with Gasteiger partial charge in [0.2, 0.25) is 0 Å². The van der Waals surface area contributed by atoms with Crippen LogP contribution < -0.4 is 10.9 Å². The molecule has 2 rings (SSSR count). The number of carbonyl (C=O) groups is 2. The van der Waals surface area contributed by atoms with E-state index in [4.69, 9.17) is 4.74 Å². The topological polar surface area (TPSA) is 90.3 Å². The van der Waals surface area contributed by atoms with Crippen molar-refractivity contribution in [3.8, 4) is 0 Å². The molecule has 1 N–H and O–H groups in total. The first-order valence-corrected chi connectivity index (χ1v) is 7.39. The van der Waals surface area contributed by atoms with Gasteiger partial charge in [-0.15, -0.1) is 0 Å². The van der Waals surface area contributed by atoms with Gasteiger partial charge in [0.15, 0.2) is 0 Å². The molecule has 0 radical (unpaired) electrons. The Labute approximate surface area is 139 Å². The standard InChI is InChI=1S/C17H19N3O4/c1-11-4-6-12(7-5-11)14(10-16(22)24-3)18-17(23)13-8-9-15(21)20(2)19-13/h4-9,14H,10H2,1-3H3,(H,18,23)/t14-/m0/s1. The number of hydrogen-bond acceptors (Lipinski definition) is 5. The van der Waals surface area contributed by atoms with E-state index in [0.29, 0.717) is 0 Å². The molecule has 7 nitrogen and oxygen atoms in total. The minimum atomic E-state index is -0.551. The predicted octanol–water partition coefficient (Wildman–Crippen LogP) is 1.12. The van der Waals surface area contributed by atoms with Crippen LogP contribution in [0.4, 0.5) is 0 Å². The predicted molar refractivity (Wildman–Crippen MR) is 87.5 cm³/mol. The number of methoxy groups -OCH3 is 1. The molecular formula is C17H19N3O4. The Kier molecular flexibility index (Phi) is 5.47. The van der Waals surface area contributed by atoms with E-state index in [2.05, 4.69) is 10.4 Å². The van der Waals surface area contributed by atoms with Crippen LogP contribution >= 0.6 is 0 Å². The van der Waals surface area contributed by atoms with Crippen LogP contribution in [0.3, 0.4) is 0 Å². The zero-order valence-corrected chi connectivity index (χ0v) is 13.8. The summed E-state index contributed by atoms with van der Waals surface area (Å²) in [5, 5.41) is 6.67. The molecular weight excluding hydrogens is 310 g/mol. The first kappa shape index (κ1) is 17.4. The highest BCUT2D eigenvalue weighted by atomic mass is 16.5.